The molecule has 1 amide bonds. The van der Waals surface area contributed by atoms with Crippen LogP contribution in [0.15, 0.2) is 48.7 Å². The van der Waals surface area contributed by atoms with E-state index in [9.17, 15) is 9.18 Å². The molecule has 0 aliphatic heterocycles. The topological polar surface area (TPSA) is 60.5 Å². The van der Waals surface area contributed by atoms with E-state index in [0.29, 0.717) is 28.9 Å². The molecule has 156 valence electrons. The van der Waals surface area contributed by atoms with Gasteiger partial charge in [-0.2, -0.15) is 4.39 Å². The zero-order valence-electron chi connectivity index (χ0n) is 17.0. The molecule has 0 bridgehead atoms. The van der Waals surface area contributed by atoms with Crippen LogP contribution in [0.2, 0.25) is 0 Å². The van der Waals surface area contributed by atoms with Gasteiger partial charge >= 0.3 is 0 Å². The Morgan fingerprint density at radius 1 is 1.03 bits per heavy atom. The molecule has 0 unspecified atom stereocenters. The Labute approximate surface area is 183 Å². The molecule has 0 atom stereocenters. The van der Waals surface area contributed by atoms with Crippen LogP contribution in [0.4, 0.5) is 4.39 Å². The summed E-state index contributed by atoms with van der Waals surface area (Å²) in [6.45, 7) is 2.13. The first-order valence-corrected chi connectivity index (χ1v) is 10.4. The van der Waals surface area contributed by atoms with Gasteiger partial charge in [0.15, 0.2) is 0 Å². The van der Waals surface area contributed by atoms with Gasteiger partial charge in [-0.05, 0) is 59.5 Å². The van der Waals surface area contributed by atoms with Crippen LogP contribution >= 0.6 is 15.9 Å². The molecule has 1 N–H and O–H groups in total. The number of benzene rings is 2. The number of nitrogens with one attached hydrogen (secondary N) is 1. The maximum atomic E-state index is 13.4. The maximum absolute atomic E-state index is 13.4. The van der Waals surface area contributed by atoms with Crippen molar-refractivity contribution in [3.63, 3.8) is 0 Å². The second kappa shape index (κ2) is 9.71. The van der Waals surface area contributed by atoms with Gasteiger partial charge in [0.05, 0.1) is 14.2 Å². The Morgan fingerprint density at radius 3 is 2.33 bits per heavy atom. The largest absolute Gasteiger partial charge is 0.497 e. The number of carbonyl (C=O) groups is 1. The van der Waals surface area contributed by atoms with E-state index in [1.54, 1.807) is 26.4 Å². The molecule has 1 aromatic heterocycles. The molecule has 3 aromatic rings. The van der Waals surface area contributed by atoms with Crippen LogP contribution in [-0.4, -0.2) is 25.1 Å². The average molecular weight is 473 g/mol. The zero-order valence-corrected chi connectivity index (χ0v) is 18.5. The summed E-state index contributed by atoms with van der Waals surface area (Å²) >= 11 is 3.45. The van der Waals surface area contributed by atoms with Gasteiger partial charge in [-0.25, -0.2) is 4.98 Å². The fraction of sp³-hybridized carbons (Fsp3) is 0.217. The minimum Gasteiger partial charge on any atom is -0.497 e. The fourth-order valence-corrected chi connectivity index (χ4v) is 3.46. The van der Waals surface area contributed by atoms with Gasteiger partial charge in [-0.1, -0.05) is 22.0 Å². The lowest BCUT2D eigenvalue weighted by atomic mass is 9.98. The Morgan fingerprint density at radius 2 is 1.73 bits per heavy atom. The number of hydrogen-bond acceptors (Lipinski definition) is 4. The SMILES string of the molecule is COc1cc(CNC(=O)c2cc(CBr)cc(-c3cnc(F)cc3C)c2)cc(OC)c1. The molecular formula is C23H22BrFN2O3. The molecule has 2 aromatic carbocycles. The average Bonchev–Trinajstić information content (AvgIpc) is 2.76. The third-order valence-electron chi connectivity index (χ3n) is 4.66. The third-order valence-corrected chi connectivity index (χ3v) is 5.31. The summed E-state index contributed by atoms with van der Waals surface area (Å²) in [5.74, 6) is 0.566. The monoisotopic (exact) mass is 472 g/mol. The zero-order chi connectivity index (χ0) is 21.7. The first-order valence-electron chi connectivity index (χ1n) is 9.26. The van der Waals surface area contributed by atoms with Crippen LogP contribution in [0.25, 0.3) is 11.1 Å². The number of nitrogens with zero attached hydrogens (tertiary/aromatic N) is 1. The van der Waals surface area contributed by atoms with Crippen molar-refractivity contribution < 1.29 is 18.7 Å². The summed E-state index contributed by atoms with van der Waals surface area (Å²) in [5, 5.41) is 3.52. The lowest BCUT2D eigenvalue weighted by Gasteiger charge is -2.12. The minimum absolute atomic E-state index is 0.214. The predicted molar refractivity (Wildman–Crippen MR) is 118 cm³/mol. The summed E-state index contributed by atoms with van der Waals surface area (Å²) in [6.07, 6.45) is 1.49. The number of carbonyl (C=O) groups excluding carboxylic acids is 1. The number of amides is 1. The van der Waals surface area contributed by atoms with E-state index in [4.69, 9.17) is 9.47 Å². The quantitative estimate of drug-likeness (QED) is 0.386. The number of alkyl halides is 1. The summed E-state index contributed by atoms with van der Waals surface area (Å²) in [7, 11) is 3.16. The van der Waals surface area contributed by atoms with Crippen LogP contribution in [-0.2, 0) is 11.9 Å². The molecule has 0 radical (unpaired) electrons. The molecule has 5 nitrogen and oxygen atoms in total. The molecule has 0 spiro atoms. The Kier molecular flexibility index (Phi) is 7.05. The van der Waals surface area contributed by atoms with Crippen molar-refractivity contribution in [2.24, 2.45) is 0 Å². The molecule has 1 heterocycles. The van der Waals surface area contributed by atoms with Gasteiger partial charge in [0.2, 0.25) is 5.95 Å². The van der Waals surface area contributed by atoms with Gasteiger partial charge in [-0.15, -0.1) is 0 Å². The number of halogens is 2. The highest BCUT2D eigenvalue weighted by molar-refractivity contribution is 9.08. The van der Waals surface area contributed by atoms with Crippen LogP contribution < -0.4 is 14.8 Å². The molecular weight excluding hydrogens is 451 g/mol. The van der Waals surface area contributed by atoms with E-state index in [1.807, 2.05) is 31.2 Å². The first kappa shape index (κ1) is 21.8. The van der Waals surface area contributed by atoms with Crippen molar-refractivity contribution in [2.45, 2.75) is 18.8 Å². The van der Waals surface area contributed by atoms with Gasteiger partial charge < -0.3 is 14.8 Å². The third kappa shape index (κ3) is 5.16. The van der Waals surface area contributed by atoms with Crippen molar-refractivity contribution in [1.82, 2.24) is 10.3 Å². The fourth-order valence-electron chi connectivity index (χ4n) is 3.13. The van der Waals surface area contributed by atoms with Crippen molar-refractivity contribution in [3.8, 4) is 22.6 Å². The van der Waals surface area contributed by atoms with Crippen molar-refractivity contribution in [2.75, 3.05) is 14.2 Å². The van der Waals surface area contributed by atoms with Crippen LogP contribution in [0.1, 0.15) is 27.0 Å². The Hall–Kier alpha value is -2.93. The van der Waals surface area contributed by atoms with Crippen LogP contribution in [0, 0.1) is 12.9 Å². The van der Waals surface area contributed by atoms with E-state index in [-0.39, 0.29) is 5.91 Å². The van der Waals surface area contributed by atoms with Gasteiger partial charge in [0, 0.05) is 35.3 Å². The van der Waals surface area contributed by atoms with Crippen molar-refractivity contribution in [3.05, 3.63) is 76.9 Å². The number of methoxy groups -OCH3 is 2. The number of aryl methyl sites for hydroxylation is 1. The molecule has 0 aliphatic rings. The van der Waals surface area contributed by atoms with Gasteiger partial charge in [0.1, 0.15) is 11.5 Å². The highest BCUT2D eigenvalue weighted by Crippen LogP contribution is 2.27. The lowest BCUT2D eigenvalue weighted by molar-refractivity contribution is 0.0950. The standard InChI is InChI=1S/C23H22BrFN2O3/c1-14-4-22(25)26-13-21(14)17-5-15(11-24)6-18(9-17)23(28)27-12-16-7-19(29-2)10-20(8-16)30-3/h4-10,13H,11-12H2,1-3H3,(H,27,28). The smallest absolute Gasteiger partial charge is 0.251 e. The van der Waals surface area contributed by atoms with E-state index in [1.165, 1.54) is 12.3 Å². The second-order valence-electron chi connectivity index (χ2n) is 6.78. The Bertz CT molecular complexity index is 1050. The van der Waals surface area contributed by atoms with Gasteiger partial charge in [-0.3, -0.25) is 4.79 Å². The van der Waals surface area contributed by atoms with Crippen molar-refractivity contribution in [1.29, 1.82) is 0 Å². The normalized spacial score (nSPS) is 10.6. The molecule has 0 fully saturated rings. The van der Waals surface area contributed by atoms with E-state index < -0.39 is 5.95 Å². The molecule has 30 heavy (non-hydrogen) atoms. The van der Waals surface area contributed by atoms with E-state index in [0.717, 1.165) is 27.8 Å². The molecule has 7 heteroatoms. The number of pyridine rings is 1. The lowest BCUT2D eigenvalue weighted by Crippen LogP contribution is -2.23. The summed E-state index contributed by atoms with van der Waals surface area (Å²) < 4.78 is 23.9. The molecule has 0 aliphatic carbocycles. The predicted octanol–water partition coefficient (Wildman–Crippen LogP) is 5.04. The summed E-state index contributed by atoms with van der Waals surface area (Å²) in [5.41, 5.74) is 4.65. The molecule has 0 saturated heterocycles. The minimum atomic E-state index is -0.528. The van der Waals surface area contributed by atoms with Gasteiger partial charge in [0.25, 0.3) is 5.91 Å². The number of rotatable bonds is 7. The number of hydrogen-bond donors (Lipinski definition) is 1. The van der Waals surface area contributed by atoms with Crippen molar-refractivity contribution >= 4 is 21.8 Å². The number of ether oxygens (including phenoxy) is 2. The molecule has 0 saturated carbocycles. The summed E-state index contributed by atoms with van der Waals surface area (Å²) in [6, 6.07) is 12.4. The van der Waals surface area contributed by atoms with Crippen LogP contribution in [0.5, 0.6) is 11.5 Å². The van der Waals surface area contributed by atoms with E-state index in [2.05, 4.69) is 26.2 Å². The number of aromatic nitrogens is 1. The molecule has 3 rings (SSSR count). The first-order chi connectivity index (χ1) is 14.4. The highest BCUT2D eigenvalue weighted by Gasteiger charge is 2.12. The second-order valence-corrected chi connectivity index (χ2v) is 7.34. The Balaban J connectivity index is 1.85. The van der Waals surface area contributed by atoms with Crippen LogP contribution in [0.3, 0.4) is 0 Å². The van der Waals surface area contributed by atoms with E-state index >= 15 is 0 Å². The highest BCUT2D eigenvalue weighted by atomic mass is 79.9. The summed E-state index contributed by atoms with van der Waals surface area (Å²) in [4.78, 5) is 16.6. The maximum Gasteiger partial charge on any atom is 0.251 e.